The number of aryl methyl sites for hydroxylation is 2. The number of nitrogens with zero attached hydrogens (tertiary/aromatic N) is 3. The molecule has 0 saturated heterocycles. The molecule has 0 atom stereocenters. The molecular weight excluding hydrogens is 218 g/mol. The van der Waals surface area contributed by atoms with E-state index in [-0.39, 0.29) is 5.69 Å². The van der Waals surface area contributed by atoms with Crippen LogP contribution in [0, 0.1) is 13.8 Å². The lowest BCUT2D eigenvalue weighted by molar-refractivity contribution is 0.0593. The Morgan fingerprint density at radius 3 is 2.35 bits per heavy atom. The number of carbonyl (C=O) groups is 1. The molecule has 0 aromatic carbocycles. The molecule has 0 radical (unpaired) electrons. The predicted molar refractivity (Wildman–Crippen MR) is 62.2 cm³/mol. The van der Waals surface area contributed by atoms with Gasteiger partial charge in [0.05, 0.1) is 7.11 Å². The molecule has 0 aliphatic carbocycles. The van der Waals surface area contributed by atoms with E-state index in [1.807, 2.05) is 30.5 Å². The van der Waals surface area contributed by atoms with Crippen molar-refractivity contribution >= 4 is 5.97 Å². The van der Waals surface area contributed by atoms with Crippen LogP contribution in [0.2, 0.25) is 0 Å². The van der Waals surface area contributed by atoms with Gasteiger partial charge in [-0.3, -0.25) is 0 Å². The van der Waals surface area contributed by atoms with Crippen molar-refractivity contribution in [2.24, 2.45) is 0 Å². The summed E-state index contributed by atoms with van der Waals surface area (Å²) in [5.74, 6) is 0.0138. The summed E-state index contributed by atoms with van der Waals surface area (Å²) in [4.78, 5) is 19.9. The van der Waals surface area contributed by atoms with E-state index in [0.717, 1.165) is 11.4 Å². The van der Waals surface area contributed by atoms with Gasteiger partial charge in [-0.15, -0.1) is 0 Å². The summed E-state index contributed by atoms with van der Waals surface area (Å²) in [6.07, 6.45) is 3.03. The van der Waals surface area contributed by atoms with E-state index in [1.54, 1.807) is 6.20 Å². The normalized spacial score (nSPS) is 10.3. The van der Waals surface area contributed by atoms with E-state index in [9.17, 15) is 4.79 Å². The molecule has 0 unspecified atom stereocenters. The standard InChI is InChI=1S/C12H13N3O2/c1-8-4-5-9(2)15(8)11-10(12(16)17-3)13-6-7-14-11/h4-7H,1-3H3. The highest BCUT2D eigenvalue weighted by molar-refractivity contribution is 5.90. The second kappa shape index (κ2) is 4.37. The third-order valence-corrected chi connectivity index (χ3v) is 2.54. The molecule has 5 nitrogen and oxygen atoms in total. The Kier molecular flexibility index (Phi) is 2.91. The number of hydrogen-bond acceptors (Lipinski definition) is 4. The van der Waals surface area contributed by atoms with E-state index in [4.69, 9.17) is 4.74 Å². The number of carbonyl (C=O) groups excluding carboxylic acids is 1. The van der Waals surface area contributed by atoms with Crippen LogP contribution < -0.4 is 0 Å². The van der Waals surface area contributed by atoms with E-state index in [0.29, 0.717) is 5.82 Å². The van der Waals surface area contributed by atoms with E-state index in [1.165, 1.54) is 13.3 Å². The van der Waals surface area contributed by atoms with Gasteiger partial charge in [-0.05, 0) is 26.0 Å². The molecule has 2 aromatic rings. The van der Waals surface area contributed by atoms with E-state index < -0.39 is 5.97 Å². The van der Waals surface area contributed by atoms with Crippen molar-refractivity contribution in [3.8, 4) is 5.82 Å². The Balaban J connectivity index is 2.64. The molecule has 2 rings (SSSR count). The molecule has 2 heterocycles. The maximum absolute atomic E-state index is 11.6. The topological polar surface area (TPSA) is 57.0 Å². The fourth-order valence-electron chi connectivity index (χ4n) is 1.74. The number of ether oxygens (including phenoxy) is 1. The molecule has 0 spiro atoms. The quantitative estimate of drug-likeness (QED) is 0.738. The average Bonchev–Trinajstić information content (AvgIpc) is 2.68. The lowest BCUT2D eigenvalue weighted by atomic mass is 10.3. The zero-order valence-corrected chi connectivity index (χ0v) is 9.97. The molecule has 5 heteroatoms. The van der Waals surface area contributed by atoms with Crippen LogP contribution in [-0.2, 0) is 4.74 Å². The van der Waals surface area contributed by atoms with Gasteiger partial charge in [0.25, 0.3) is 0 Å². The van der Waals surface area contributed by atoms with Crippen LogP contribution in [0.4, 0.5) is 0 Å². The molecule has 0 amide bonds. The number of hydrogen-bond donors (Lipinski definition) is 0. The van der Waals surface area contributed by atoms with Crippen LogP contribution in [0.3, 0.4) is 0 Å². The summed E-state index contributed by atoms with van der Waals surface area (Å²) in [6, 6.07) is 3.93. The molecule has 0 fully saturated rings. The maximum Gasteiger partial charge on any atom is 0.360 e. The van der Waals surface area contributed by atoms with Gasteiger partial charge in [-0.2, -0.15) is 0 Å². The summed E-state index contributed by atoms with van der Waals surface area (Å²) in [6.45, 7) is 3.89. The average molecular weight is 231 g/mol. The minimum atomic E-state index is -0.486. The van der Waals surface area contributed by atoms with Gasteiger partial charge >= 0.3 is 5.97 Å². The highest BCUT2D eigenvalue weighted by atomic mass is 16.5. The highest BCUT2D eigenvalue weighted by Gasteiger charge is 2.17. The van der Waals surface area contributed by atoms with Gasteiger partial charge in [0, 0.05) is 23.8 Å². The van der Waals surface area contributed by atoms with Crippen LogP contribution >= 0.6 is 0 Å². The van der Waals surface area contributed by atoms with Crippen LogP contribution in [0.5, 0.6) is 0 Å². The van der Waals surface area contributed by atoms with Gasteiger partial charge in [0.1, 0.15) is 0 Å². The number of aromatic nitrogens is 3. The van der Waals surface area contributed by atoms with Gasteiger partial charge in [-0.1, -0.05) is 0 Å². The summed E-state index contributed by atoms with van der Waals surface area (Å²) < 4.78 is 6.57. The number of rotatable bonds is 2. The third kappa shape index (κ3) is 1.91. The SMILES string of the molecule is COC(=O)c1nccnc1-n1c(C)ccc1C. The first kappa shape index (κ1) is 11.3. The van der Waals surface area contributed by atoms with E-state index in [2.05, 4.69) is 9.97 Å². The van der Waals surface area contributed by atoms with Gasteiger partial charge in [0.15, 0.2) is 11.5 Å². The Bertz CT molecular complexity index is 541. The van der Waals surface area contributed by atoms with Crippen molar-refractivity contribution in [2.75, 3.05) is 7.11 Å². The van der Waals surface area contributed by atoms with Crippen molar-refractivity contribution in [2.45, 2.75) is 13.8 Å². The molecule has 0 aliphatic heterocycles. The van der Waals surface area contributed by atoms with Gasteiger partial charge in [-0.25, -0.2) is 14.8 Å². The maximum atomic E-state index is 11.6. The van der Waals surface area contributed by atoms with Gasteiger partial charge in [0.2, 0.25) is 0 Å². The van der Waals surface area contributed by atoms with Crippen LogP contribution in [-0.4, -0.2) is 27.6 Å². The minimum absolute atomic E-state index is 0.220. The molecule has 17 heavy (non-hydrogen) atoms. The van der Waals surface area contributed by atoms with Crippen LogP contribution in [0.1, 0.15) is 21.9 Å². The van der Waals surface area contributed by atoms with Crippen molar-refractivity contribution in [1.29, 1.82) is 0 Å². The summed E-state index contributed by atoms with van der Waals surface area (Å²) in [5, 5.41) is 0. The summed E-state index contributed by atoms with van der Waals surface area (Å²) >= 11 is 0. The molecule has 0 N–H and O–H groups in total. The first-order chi connectivity index (χ1) is 8.15. The van der Waals surface area contributed by atoms with Crippen LogP contribution in [0.25, 0.3) is 5.82 Å². The largest absolute Gasteiger partial charge is 0.464 e. The molecule has 88 valence electrons. The lowest BCUT2D eigenvalue weighted by Crippen LogP contribution is -2.13. The highest BCUT2D eigenvalue weighted by Crippen LogP contribution is 2.16. The van der Waals surface area contributed by atoms with E-state index >= 15 is 0 Å². The lowest BCUT2D eigenvalue weighted by Gasteiger charge is -2.10. The second-order valence-corrected chi connectivity index (χ2v) is 3.67. The number of esters is 1. The van der Waals surface area contributed by atoms with Gasteiger partial charge < -0.3 is 9.30 Å². The molecule has 0 aliphatic rings. The predicted octanol–water partition coefficient (Wildman–Crippen LogP) is 1.67. The first-order valence-corrected chi connectivity index (χ1v) is 5.19. The van der Waals surface area contributed by atoms with Crippen LogP contribution in [0.15, 0.2) is 24.5 Å². The Hall–Kier alpha value is -2.17. The Morgan fingerprint density at radius 1 is 1.18 bits per heavy atom. The summed E-state index contributed by atoms with van der Waals surface area (Å²) in [7, 11) is 1.33. The molecule has 0 saturated carbocycles. The zero-order valence-electron chi connectivity index (χ0n) is 9.97. The molecule has 0 bridgehead atoms. The van der Waals surface area contributed by atoms with Crippen molar-refractivity contribution in [1.82, 2.24) is 14.5 Å². The second-order valence-electron chi connectivity index (χ2n) is 3.67. The van der Waals surface area contributed by atoms with Crippen molar-refractivity contribution in [3.63, 3.8) is 0 Å². The Morgan fingerprint density at radius 2 is 1.76 bits per heavy atom. The fraction of sp³-hybridized carbons (Fsp3) is 0.250. The molecular formula is C12H13N3O2. The van der Waals surface area contributed by atoms with Crippen molar-refractivity contribution < 1.29 is 9.53 Å². The summed E-state index contributed by atoms with van der Waals surface area (Å²) in [5.41, 5.74) is 2.21. The third-order valence-electron chi connectivity index (χ3n) is 2.54. The zero-order chi connectivity index (χ0) is 12.4. The molecule has 2 aromatic heterocycles. The monoisotopic (exact) mass is 231 g/mol. The minimum Gasteiger partial charge on any atom is -0.464 e. The van der Waals surface area contributed by atoms with Crippen molar-refractivity contribution in [3.05, 3.63) is 41.6 Å². The fourth-order valence-corrected chi connectivity index (χ4v) is 1.74. The first-order valence-electron chi connectivity index (χ1n) is 5.19. The Labute approximate surface area is 99.1 Å². The smallest absolute Gasteiger partial charge is 0.360 e. The number of methoxy groups -OCH3 is 1.